The fraction of sp³-hybridized carbons (Fsp3) is 0.500. The number of nitro groups is 1. The van der Waals surface area contributed by atoms with E-state index >= 15 is 0 Å². The lowest BCUT2D eigenvalue weighted by Crippen LogP contribution is -2.41. The van der Waals surface area contributed by atoms with Crippen LogP contribution in [0.15, 0.2) is 12.1 Å². The van der Waals surface area contributed by atoms with Gasteiger partial charge in [-0.2, -0.15) is 4.39 Å². The Morgan fingerprint density at radius 2 is 1.78 bits per heavy atom. The van der Waals surface area contributed by atoms with Crippen LogP contribution in [0.3, 0.4) is 0 Å². The molecule has 0 aliphatic carbocycles. The van der Waals surface area contributed by atoms with E-state index in [1.165, 1.54) is 6.92 Å². The number of hydrogen-bond donors (Lipinski definition) is 1. The molecule has 1 aliphatic heterocycles. The SMILES string of the molecule is CC(=O)Nc1cc([N+](=O)[O-])c(F)cc1B1OC(C)(C)C(C)(C)O1. The molecule has 1 aromatic carbocycles. The van der Waals surface area contributed by atoms with E-state index in [0.29, 0.717) is 0 Å². The van der Waals surface area contributed by atoms with E-state index in [4.69, 9.17) is 9.31 Å². The lowest BCUT2D eigenvalue weighted by Gasteiger charge is -2.32. The zero-order valence-corrected chi connectivity index (χ0v) is 13.6. The highest BCUT2D eigenvalue weighted by molar-refractivity contribution is 6.64. The van der Waals surface area contributed by atoms with Gasteiger partial charge in [0, 0.05) is 24.1 Å². The summed E-state index contributed by atoms with van der Waals surface area (Å²) in [7, 11) is -0.947. The van der Waals surface area contributed by atoms with E-state index < -0.39 is 40.7 Å². The number of rotatable bonds is 3. The number of nitrogens with one attached hydrogen (secondary N) is 1. The van der Waals surface area contributed by atoms with Gasteiger partial charge >= 0.3 is 12.8 Å². The van der Waals surface area contributed by atoms with Gasteiger partial charge in [-0.05, 0) is 33.8 Å². The summed E-state index contributed by atoms with van der Waals surface area (Å²) >= 11 is 0. The number of amides is 1. The molecule has 0 radical (unpaired) electrons. The van der Waals surface area contributed by atoms with Crippen LogP contribution < -0.4 is 10.8 Å². The van der Waals surface area contributed by atoms with Gasteiger partial charge in [0.15, 0.2) is 5.82 Å². The molecule has 0 bridgehead atoms. The van der Waals surface area contributed by atoms with Crippen molar-refractivity contribution >= 4 is 29.9 Å². The van der Waals surface area contributed by atoms with Crippen LogP contribution in [0.4, 0.5) is 15.8 Å². The standard InChI is InChI=1S/C14H18BFN2O5/c1-8(19)17-11-7-12(18(20)21)10(16)6-9(11)15-22-13(2,3)14(4,5)23-15/h6-7H,1-5H3,(H,17,19). The summed E-state index contributed by atoms with van der Waals surface area (Å²) in [6.07, 6.45) is 0. The minimum atomic E-state index is -1.02. The van der Waals surface area contributed by atoms with Gasteiger partial charge in [0.2, 0.25) is 5.91 Å². The van der Waals surface area contributed by atoms with E-state index in [1.807, 2.05) is 27.7 Å². The Balaban J connectivity index is 2.52. The topological polar surface area (TPSA) is 90.7 Å². The molecule has 0 saturated carbocycles. The van der Waals surface area contributed by atoms with Crippen molar-refractivity contribution in [3.8, 4) is 0 Å². The number of carbonyl (C=O) groups is 1. The Morgan fingerprint density at radius 1 is 1.26 bits per heavy atom. The molecule has 9 heteroatoms. The largest absolute Gasteiger partial charge is 0.497 e. The van der Waals surface area contributed by atoms with Crippen LogP contribution in [0, 0.1) is 15.9 Å². The minimum absolute atomic E-state index is 0.0871. The highest BCUT2D eigenvalue weighted by Gasteiger charge is 2.52. The van der Waals surface area contributed by atoms with Gasteiger partial charge < -0.3 is 14.6 Å². The Labute approximate surface area is 133 Å². The molecule has 1 N–H and O–H groups in total. The predicted molar refractivity (Wildman–Crippen MR) is 83.1 cm³/mol. The average molecular weight is 324 g/mol. The maximum Gasteiger partial charge on any atom is 0.497 e. The van der Waals surface area contributed by atoms with Crippen LogP contribution in [0.25, 0.3) is 0 Å². The third-order valence-electron chi connectivity index (χ3n) is 4.13. The van der Waals surface area contributed by atoms with Gasteiger partial charge in [0.1, 0.15) is 0 Å². The maximum atomic E-state index is 14.0. The minimum Gasteiger partial charge on any atom is -0.399 e. The molecule has 1 fully saturated rings. The van der Waals surface area contributed by atoms with E-state index in [2.05, 4.69) is 5.32 Å². The molecule has 2 rings (SSSR count). The van der Waals surface area contributed by atoms with Crippen LogP contribution in [-0.2, 0) is 14.1 Å². The number of hydrogen-bond acceptors (Lipinski definition) is 5. The van der Waals surface area contributed by atoms with Crippen molar-refractivity contribution in [3.63, 3.8) is 0 Å². The molecule has 124 valence electrons. The van der Waals surface area contributed by atoms with Gasteiger partial charge in [-0.25, -0.2) is 0 Å². The van der Waals surface area contributed by atoms with Gasteiger partial charge in [0.25, 0.3) is 0 Å². The first-order chi connectivity index (χ1) is 10.4. The first-order valence-corrected chi connectivity index (χ1v) is 7.05. The van der Waals surface area contributed by atoms with E-state index in [9.17, 15) is 19.3 Å². The Kier molecular flexibility index (Phi) is 4.21. The molecule has 0 unspecified atom stereocenters. The highest BCUT2D eigenvalue weighted by Crippen LogP contribution is 2.37. The van der Waals surface area contributed by atoms with Gasteiger partial charge in [-0.1, -0.05) is 0 Å². The molecular formula is C14H18BFN2O5. The van der Waals surface area contributed by atoms with Gasteiger partial charge in [0.05, 0.1) is 16.1 Å². The second kappa shape index (κ2) is 5.57. The van der Waals surface area contributed by atoms with Crippen molar-refractivity contribution in [2.45, 2.75) is 45.8 Å². The van der Waals surface area contributed by atoms with Crippen LogP contribution in [0.1, 0.15) is 34.6 Å². The molecule has 1 heterocycles. The van der Waals surface area contributed by atoms with Crippen LogP contribution in [0.2, 0.25) is 0 Å². The number of anilines is 1. The molecule has 0 spiro atoms. The monoisotopic (exact) mass is 324 g/mol. The third-order valence-corrected chi connectivity index (χ3v) is 4.13. The summed E-state index contributed by atoms with van der Waals surface area (Å²) in [6.45, 7) is 8.56. The Hall–Kier alpha value is -2.00. The zero-order chi connectivity index (χ0) is 17.6. The summed E-state index contributed by atoms with van der Waals surface area (Å²) in [6, 6.07) is 1.93. The highest BCUT2D eigenvalue weighted by atomic mass is 19.1. The molecule has 23 heavy (non-hydrogen) atoms. The van der Waals surface area contributed by atoms with Crippen molar-refractivity contribution in [3.05, 3.63) is 28.1 Å². The zero-order valence-electron chi connectivity index (χ0n) is 13.6. The van der Waals surface area contributed by atoms with Crippen molar-refractivity contribution in [1.82, 2.24) is 0 Å². The van der Waals surface area contributed by atoms with Gasteiger partial charge in [-0.3, -0.25) is 14.9 Å². The molecule has 7 nitrogen and oxygen atoms in total. The average Bonchev–Trinajstić information content (AvgIpc) is 2.59. The third kappa shape index (κ3) is 3.20. The van der Waals surface area contributed by atoms with E-state index in [0.717, 1.165) is 12.1 Å². The fourth-order valence-electron chi connectivity index (χ4n) is 2.18. The summed E-state index contributed by atoms with van der Waals surface area (Å²) in [5.41, 5.74) is -1.77. The Morgan fingerprint density at radius 3 is 2.22 bits per heavy atom. The fourth-order valence-corrected chi connectivity index (χ4v) is 2.18. The molecular weight excluding hydrogens is 306 g/mol. The number of halogens is 1. The normalized spacial score (nSPS) is 18.8. The molecule has 0 atom stereocenters. The number of nitro benzene ring substituents is 1. The van der Waals surface area contributed by atoms with E-state index in [1.54, 1.807) is 0 Å². The van der Waals surface area contributed by atoms with Gasteiger partial charge in [-0.15, -0.1) is 0 Å². The summed E-state index contributed by atoms with van der Waals surface area (Å²) in [5, 5.41) is 13.3. The molecule has 1 aromatic rings. The second-order valence-corrected chi connectivity index (χ2v) is 6.42. The first-order valence-electron chi connectivity index (χ1n) is 7.05. The summed E-state index contributed by atoms with van der Waals surface area (Å²) in [4.78, 5) is 21.4. The van der Waals surface area contributed by atoms with E-state index in [-0.39, 0.29) is 11.2 Å². The number of carbonyl (C=O) groups excluding carboxylic acids is 1. The first kappa shape index (κ1) is 17.4. The smallest absolute Gasteiger partial charge is 0.399 e. The lowest BCUT2D eigenvalue weighted by molar-refractivity contribution is -0.387. The summed E-state index contributed by atoms with van der Waals surface area (Å²) < 4.78 is 25.6. The maximum absolute atomic E-state index is 14.0. The Bertz CT molecular complexity index is 661. The van der Waals surface area contributed by atoms with Crippen molar-refractivity contribution < 1.29 is 23.4 Å². The van der Waals surface area contributed by atoms with Crippen LogP contribution >= 0.6 is 0 Å². The van der Waals surface area contributed by atoms with Crippen molar-refractivity contribution in [2.24, 2.45) is 0 Å². The lowest BCUT2D eigenvalue weighted by atomic mass is 9.77. The predicted octanol–water partition coefficient (Wildman–Crippen LogP) is 1.99. The summed E-state index contributed by atoms with van der Waals surface area (Å²) in [5.74, 6) is -1.46. The molecule has 1 amide bonds. The number of benzene rings is 1. The molecule has 1 aliphatic rings. The number of nitrogens with zero attached hydrogens (tertiary/aromatic N) is 1. The molecule has 0 aromatic heterocycles. The van der Waals surface area contributed by atoms with Crippen LogP contribution in [-0.4, -0.2) is 29.2 Å². The van der Waals surface area contributed by atoms with Crippen molar-refractivity contribution in [1.29, 1.82) is 0 Å². The van der Waals surface area contributed by atoms with Crippen LogP contribution in [0.5, 0.6) is 0 Å². The second-order valence-electron chi connectivity index (χ2n) is 6.42. The van der Waals surface area contributed by atoms with Crippen molar-refractivity contribution in [2.75, 3.05) is 5.32 Å². The quantitative estimate of drug-likeness (QED) is 0.522. The molecule has 1 saturated heterocycles.